The van der Waals surface area contributed by atoms with Crippen LogP contribution in [0.4, 0.5) is 0 Å². The van der Waals surface area contributed by atoms with E-state index in [0.29, 0.717) is 10.8 Å². The van der Waals surface area contributed by atoms with E-state index in [9.17, 15) is 0 Å². The minimum absolute atomic E-state index is 0.581. The molecule has 0 aromatic heterocycles. The average Bonchev–Trinajstić information content (AvgIpc) is 2.64. The summed E-state index contributed by atoms with van der Waals surface area (Å²) in [5.74, 6) is 6.94. The minimum atomic E-state index is 0.581. The third-order valence-corrected chi connectivity index (χ3v) is 10.7. The fourth-order valence-corrected chi connectivity index (χ4v) is 7.73. The molecule has 4 bridgehead atoms. The molecule has 0 amide bonds. The maximum absolute atomic E-state index is 5.02. The van der Waals surface area contributed by atoms with Crippen LogP contribution < -0.4 is 0 Å². The summed E-state index contributed by atoms with van der Waals surface area (Å²) in [5.41, 5.74) is 3.52. The number of fused-ring (bicyclic) bond motifs is 4. The van der Waals surface area contributed by atoms with E-state index in [1.54, 1.807) is 0 Å². The van der Waals surface area contributed by atoms with E-state index < -0.39 is 0 Å². The Morgan fingerprint density at radius 3 is 1.32 bits per heavy atom. The summed E-state index contributed by atoms with van der Waals surface area (Å²) in [6.07, 6.45) is 5.70. The molecule has 2 nitrogen and oxygen atoms in total. The molecule has 6 rings (SSSR count). The Bertz CT molecular complexity index is 612. The van der Waals surface area contributed by atoms with Crippen LogP contribution in [0.3, 0.4) is 0 Å². The minimum Gasteiger partial charge on any atom is -0.288 e. The lowest BCUT2D eigenvalue weighted by atomic mass is 9.43. The molecule has 0 aromatic rings. The lowest BCUT2D eigenvalue weighted by Gasteiger charge is -2.62. The lowest BCUT2D eigenvalue weighted by Crippen LogP contribution is -2.55. The second-order valence-corrected chi connectivity index (χ2v) is 12.3. The zero-order chi connectivity index (χ0) is 20.4. The van der Waals surface area contributed by atoms with Crippen LogP contribution in [-0.2, 0) is 0 Å². The average molecular weight is 385 g/mol. The highest BCUT2D eigenvalue weighted by atomic mass is 14.8. The Morgan fingerprint density at radius 2 is 1.04 bits per heavy atom. The Labute approximate surface area is 174 Å². The van der Waals surface area contributed by atoms with Crippen molar-refractivity contribution in [3.05, 3.63) is 0 Å². The third kappa shape index (κ3) is 3.12. The van der Waals surface area contributed by atoms with Crippen molar-refractivity contribution in [1.82, 2.24) is 0 Å². The van der Waals surface area contributed by atoms with Gasteiger partial charge in [0.1, 0.15) is 0 Å². The van der Waals surface area contributed by atoms with Crippen LogP contribution in [-0.4, -0.2) is 24.5 Å². The summed E-state index contributed by atoms with van der Waals surface area (Å²) in [4.78, 5) is 10.0. The second kappa shape index (κ2) is 6.95. The highest BCUT2D eigenvalue weighted by Crippen LogP contribution is 2.63. The van der Waals surface area contributed by atoms with Crippen LogP contribution in [0.25, 0.3) is 0 Å². The Hall–Kier alpha value is -0.660. The molecule has 0 radical (unpaired) electrons. The monoisotopic (exact) mass is 384 g/mol. The van der Waals surface area contributed by atoms with E-state index in [-0.39, 0.29) is 0 Å². The first-order valence-electron chi connectivity index (χ1n) is 12.1. The van der Waals surface area contributed by atoms with E-state index in [0.717, 1.165) is 60.4 Å². The third-order valence-electron chi connectivity index (χ3n) is 10.7. The molecule has 0 N–H and O–H groups in total. The van der Waals surface area contributed by atoms with Crippen molar-refractivity contribution in [2.75, 3.05) is 13.1 Å². The van der Waals surface area contributed by atoms with Crippen molar-refractivity contribution in [2.45, 2.75) is 81.1 Å². The number of hydrogen-bond acceptors (Lipinski definition) is 2. The summed E-state index contributed by atoms with van der Waals surface area (Å²) in [7, 11) is 0. The van der Waals surface area contributed by atoms with Gasteiger partial charge in [0, 0.05) is 13.1 Å². The van der Waals surface area contributed by atoms with Gasteiger partial charge in [-0.25, -0.2) is 0 Å². The van der Waals surface area contributed by atoms with Gasteiger partial charge in [-0.2, -0.15) is 0 Å². The molecule has 6 saturated carbocycles. The highest BCUT2D eigenvalue weighted by molar-refractivity contribution is 6.40. The summed E-state index contributed by atoms with van der Waals surface area (Å²) in [6.45, 7) is 21.3. The summed E-state index contributed by atoms with van der Waals surface area (Å²) < 4.78 is 0. The molecule has 0 aliphatic heterocycles. The normalized spacial score (nSPS) is 46.6. The molecule has 0 heterocycles. The molecule has 6 aliphatic rings. The van der Waals surface area contributed by atoms with Crippen molar-refractivity contribution in [3.8, 4) is 0 Å². The van der Waals surface area contributed by atoms with E-state index in [1.165, 1.54) is 37.1 Å². The zero-order valence-electron chi connectivity index (χ0n) is 19.8. The molecule has 2 heteroatoms. The van der Waals surface area contributed by atoms with Crippen molar-refractivity contribution in [1.29, 1.82) is 0 Å². The highest BCUT2D eigenvalue weighted by Gasteiger charge is 2.56. The molecule has 0 spiro atoms. The van der Waals surface area contributed by atoms with Gasteiger partial charge in [0.15, 0.2) is 0 Å². The van der Waals surface area contributed by atoms with Crippen LogP contribution in [0, 0.1) is 58.2 Å². The van der Waals surface area contributed by atoms with Gasteiger partial charge in [0.25, 0.3) is 0 Å². The van der Waals surface area contributed by atoms with E-state index >= 15 is 0 Å². The van der Waals surface area contributed by atoms with Gasteiger partial charge in [-0.3, -0.25) is 9.98 Å². The molecule has 158 valence electrons. The lowest BCUT2D eigenvalue weighted by molar-refractivity contribution is -0.126. The summed E-state index contributed by atoms with van der Waals surface area (Å²) in [5, 5.41) is 0. The number of nitrogens with zero attached hydrogens (tertiary/aromatic N) is 2. The van der Waals surface area contributed by atoms with Crippen molar-refractivity contribution < 1.29 is 0 Å². The predicted octanol–water partition coefficient (Wildman–Crippen LogP) is 6.54. The second-order valence-electron chi connectivity index (χ2n) is 12.3. The molecule has 28 heavy (non-hydrogen) atoms. The van der Waals surface area contributed by atoms with Gasteiger partial charge >= 0.3 is 0 Å². The quantitative estimate of drug-likeness (QED) is 0.480. The fourth-order valence-electron chi connectivity index (χ4n) is 7.73. The zero-order valence-corrected chi connectivity index (χ0v) is 19.8. The molecule has 0 saturated heterocycles. The molecule has 6 aliphatic carbocycles. The van der Waals surface area contributed by atoms with Gasteiger partial charge < -0.3 is 0 Å². The van der Waals surface area contributed by atoms with Gasteiger partial charge in [-0.1, -0.05) is 41.5 Å². The smallest absolute Gasteiger partial charge is 0.0524 e. The molecule has 0 unspecified atom stereocenters. The van der Waals surface area contributed by atoms with E-state index in [1.807, 2.05) is 0 Å². The number of hydrogen-bond donors (Lipinski definition) is 0. The summed E-state index contributed by atoms with van der Waals surface area (Å²) >= 11 is 0. The van der Waals surface area contributed by atoms with Crippen LogP contribution in [0.5, 0.6) is 0 Å². The molecular weight excluding hydrogens is 340 g/mol. The first kappa shape index (κ1) is 20.6. The first-order valence-corrected chi connectivity index (χ1v) is 12.1. The molecule has 0 aromatic carbocycles. The van der Waals surface area contributed by atoms with Gasteiger partial charge in [-0.15, -0.1) is 0 Å². The Balaban J connectivity index is 1.31. The number of aliphatic imine (C=N–C) groups is 2. The van der Waals surface area contributed by atoms with Crippen LogP contribution in [0.1, 0.15) is 81.1 Å². The van der Waals surface area contributed by atoms with Crippen molar-refractivity contribution in [3.63, 3.8) is 0 Å². The molecule has 6 fully saturated rings. The maximum Gasteiger partial charge on any atom is 0.0524 e. The van der Waals surface area contributed by atoms with Gasteiger partial charge in [0.05, 0.1) is 11.4 Å². The Kier molecular flexibility index (Phi) is 5.11. The van der Waals surface area contributed by atoms with E-state index in [4.69, 9.17) is 9.98 Å². The Morgan fingerprint density at radius 1 is 0.679 bits per heavy atom. The molecule has 8 atom stereocenters. The standard InChI is InChI=1S/C26H44N2/c1-15-19(9-21-11-23(15)25(21,5)6)13-27-17(3)18(4)28-14-20-10-22-12-24(16(20)2)26(22,7)8/h15-16,19-24H,9-14H2,1-8H3/t15-,16-,19-,20-,21+,22+,23+,24+/m1/s1. The van der Waals surface area contributed by atoms with Crippen LogP contribution in [0.2, 0.25) is 0 Å². The van der Waals surface area contributed by atoms with Crippen molar-refractivity contribution in [2.24, 2.45) is 68.2 Å². The van der Waals surface area contributed by atoms with Crippen LogP contribution >= 0.6 is 0 Å². The first-order chi connectivity index (χ1) is 13.0. The SMILES string of the molecule is CC(=NC[C@H]1C[C@H]2C[C@@H]([C@@H]1C)C2(C)C)C(C)=NC[C@H]1C[C@H]2C[C@@H]([C@@H]1C)C2(C)C. The van der Waals surface area contributed by atoms with Gasteiger partial charge in [-0.05, 0) is 97.7 Å². The molecular formula is C26H44N2. The summed E-state index contributed by atoms with van der Waals surface area (Å²) in [6, 6.07) is 0. The number of rotatable bonds is 5. The maximum atomic E-state index is 5.02. The van der Waals surface area contributed by atoms with Crippen LogP contribution in [0.15, 0.2) is 9.98 Å². The van der Waals surface area contributed by atoms with Gasteiger partial charge in [0.2, 0.25) is 0 Å². The predicted molar refractivity (Wildman–Crippen MR) is 121 cm³/mol. The van der Waals surface area contributed by atoms with Crippen molar-refractivity contribution >= 4 is 11.4 Å². The fraction of sp³-hybridized carbons (Fsp3) is 0.923. The topological polar surface area (TPSA) is 24.7 Å². The largest absolute Gasteiger partial charge is 0.288 e. The van der Waals surface area contributed by atoms with E-state index in [2.05, 4.69) is 55.4 Å².